The van der Waals surface area contributed by atoms with Crippen molar-refractivity contribution in [2.45, 2.75) is 101 Å². The fraction of sp³-hybridized carbons (Fsp3) is 0.533. The molecule has 4 N–H and O–H groups in total. The monoisotopic (exact) mass is 464 g/mol. The van der Waals surface area contributed by atoms with E-state index in [4.69, 9.17) is 12.8 Å². The smallest absolute Gasteiger partial charge is 0.133 e. The van der Waals surface area contributed by atoms with Crippen LogP contribution < -0.4 is 0 Å². The Hall–Kier alpha value is -2.70. The molecule has 4 heteroatoms. The average Bonchev–Trinajstić information content (AvgIpc) is 2.84. The molecule has 34 heavy (non-hydrogen) atoms. The van der Waals surface area contributed by atoms with Crippen molar-refractivity contribution in [2.75, 3.05) is 0 Å². The number of aliphatic hydroxyl groups is 4. The summed E-state index contributed by atoms with van der Waals surface area (Å²) >= 11 is 0. The van der Waals surface area contributed by atoms with Gasteiger partial charge < -0.3 is 20.4 Å². The molecule has 0 saturated carbocycles. The largest absolute Gasteiger partial charge is 0.377 e. The van der Waals surface area contributed by atoms with E-state index >= 15 is 0 Å². The van der Waals surface area contributed by atoms with Crippen LogP contribution in [0, 0.1) is 48.4 Å². The van der Waals surface area contributed by atoms with Crippen molar-refractivity contribution in [1.82, 2.24) is 0 Å². The second-order valence-corrected chi connectivity index (χ2v) is 7.90. The van der Waals surface area contributed by atoms with Gasteiger partial charge in [0.1, 0.15) is 24.4 Å². The third kappa shape index (κ3) is 22.5. The Bertz CT molecular complexity index is 733. The molecule has 0 unspecified atom stereocenters. The van der Waals surface area contributed by atoms with E-state index in [1.54, 1.807) is 12.2 Å². The molecule has 0 aliphatic rings. The van der Waals surface area contributed by atoms with Gasteiger partial charge >= 0.3 is 0 Å². The predicted molar refractivity (Wildman–Crippen MR) is 140 cm³/mol. The fourth-order valence-electron chi connectivity index (χ4n) is 2.88. The van der Waals surface area contributed by atoms with Gasteiger partial charge in [0.25, 0.3) is 0 Å². The minimum Gasteiger partial charge on any atom is -0.377 e. The average molecular weight is 465 g/mol. The van der Waals surface area contributed by atoms with E-state index in [1.807, 2.05) is 12.2 Å². The van der Waals surface area contributed by atoms with Gasteiger partial charge in [0.2, 0.25) is 0 Å². The van der Waals surface area contributed by atoms with Crippen LogP contribution in [-0.4, -0.2) is 44.8 Å². The van der Waals surface area contributed by atoms with Gasteiger partial charge in [-0.15, -0.1) is 24.7 Å². The second-order valence-electron chi connectivity index (χ2n) is 7.90. The first-order valence-electron chi connectivity index (χ1n) is 12.1. The van der Waals surface area contributed by atoms with Crippen molar-refractivity contribution in [1.29, 1.82) is 0 Å². The SMILES string of the molecule is C#C[C@@H](O)/C=C/CCCCCCC#C[C@@H](O)/C=C\[C@@H](O)C#CCCCCCC/C=C/[C@H](O)C#C. The first kappa shape index (κ1) is 31.3. The standard InChI is InChI=1S/C30H40O4/c1-3-27(31)21-17-13-9-5-7-11-15-19-23-29(33)25-26-30(34)24-20-16-12-8-6-10-14-18-22-28(32)4-2/h1-2,17-18,21-22,25-34H,5-16H2/b21-17+,22-18+,26-25-/t27-,28-,29-,30+/m1/s1. The van der Waals surface area contributed by atoms with Crippen molar-refractivity contribution < 1.29 is 20.4 Å². The van der Waals surface area contributed by atoms with Crippen molar-refractivity contribution in [3.63, 3.8) is 0 Å². The molecular formula is C30H40O4. The summed E-state index contributed by atoms with van der Waals surface area (Å²) in [5, 5.41) is 38.1. The topological polar surface area (TPSA) is 80.9 Å². The molecule has 0 amide bonds. The zero-order valence-corrected chi connectivity index (χ0v) is 20.2. The van der Waals surface area contributed by atoms with Gasteiger partial charge in [0, 0.05) is 12.8 Å². The number of hydrogen-bond donors (Lipinski definition) is 4. The molecule has 0 aromatic carbocycles. The van der Waals surface area contributed by atoms with E-state index in [9.17, 15) is 20.4 Å². The molecule has 184 valence electrons. The number of hydrogen-bond acceptors (Lipinski definition) is 4. The predicted octanol–water partition coefficient (Wildman–Crippen LogP) is 4.05. The Labute approximate surface area is 206 Å². The maximum atomic E-state index is 9.85. The minimum absolute atomic E-state index is 0.724. The van der Waals surface area contributed by atoms with E-state index < -0.39 is 24.4 Å². The van der Waals surface area contributed by atoms with E-state index in [1.165, 1.54) is 12.2 Å². The lowest BCUT2D eigenvalue weighted by Gasteiger charge is -1.98. The molecule has 0 heterocycles. The molecule has 0 fully saturated rings. The number of unbranched alkanes of at least 4 members (excludes halogenated alkanes) is 10. The van der Waals surface area contributed by atoms with Crippen LogP contribution in [0.25, 0.3) is 0 Å². The van der Waals surface area contributed by atoms with Gasteiger partial charge in [-0.3, -0.25) is 0 Å². The molecule has 0 radical (unpaired) electrons. The molecule has 0 spiro atoms. The normalized spacial score (nSPS) is 14.5. The summed E-state index contributed by atoms with van der Waals surface area (Å²) in [4.78, 5) is 0. The van der Waals surface area contributed by atoms with Crippen LogP contribution in [0.5, 0.6) is 0 Å². The summed E-state index contributed by atoms with van der Waals surface area (Å²) in [6.45, 7) is 0. The second kappa shape index (κ2) is 23.5. The van der Waals surface area contributed by atoms with E-state index in [0.717, 1.165) is 77.0 Å². The lowest BCUT2D eigenvalue weighted by molar-refractivity contribution is 0.265. The first-order chi connectivity index (χ1) is 16.5. The number of allylic oxidation sites excluding steroid dienone is 2. The number of terminal acetylenes is 2. The summed E-state index contributed by atoms with van der Waals surface area (Å²) in [5.74, 6) is 15.9. The highest BCUT2D eigenvalue weighted by Crippen LogP contribution is 2.07. The highest BCUT2D eigenvalue weighted by atomic mass is 16.3. The first-order valence-corrected chi connectivity index (χ1v) is 12.1. The minimum atomic E-state index is -0.903. The highest BCUT2D eigenvalue weighted by molar-refractivity contribution is 5.17. The molecule has 4 atom stereocenters. The maximum Gasteiger partial charge on any atom is 0.133 e. The lowest BCUT2D eigenvalue weighted by atomic mass is 10.1. The third-order valence-electron chi connectivity index (χ3n) is 4.80. The summed E-state index contributed by atoms with van der Waals surface area (Å²) in [6, 6.07) is 0. The summed E-state index contributed by atoms with van der Waals surface area (Å²) in [7, 11) is 0. The Morgan fingerprint density at radius 3 is 1.26 bits per heavy atom. The zero-order valence-electron chi connectivity index (χ0n) is 20.2. The Morgan fingerprint density at radius 1 is 0.500 bits per heavy atom. The fourth-order valence-corrected chi connectivity index (χ4v) is 2.88. The Kier molecular flexibility index (Phi) is 21.6. The Morgan fingerprint density at radius 2 is 0.882 bits per heavy atom. The van der Waals surface area contributed by atoms with Gasteiger partial charge in [0.05, 0.1) is 0 Å². The van der Waals surface area contributed by atoms with Crippen LogP contribution in [-0.2, 0) is 0 Å². The van der Waals surface area contributed by atoms with Gasteiger partial charge in [-0.25, -0.2) is 0 Å². The quantitative estimate of drug-likeness (QED) is 0.158. The third-order valence-corrected chi connectivity index (χ3v) is 4.80. The van der Waals surface area contributed by atoms with Crippen molar-refractivity contribution in [3.8, 4) is 48.4 Å². The van der Waals surface area contributed by atoms with Crippen molar-refractivity contribution >= 4 is 0 Å². The van der Waals surface area contributed by atoms with Crippen LogP contribution in [0.15, 0.2) is 36.5 Å². The zero-order chi connectivity index (χ0) is 25.3. The highest BCUT2D eigenvalue weighted by Gasteiger charge is 1.96. The Balaban J connectivity index is 3.78. The molecule has 0 aromatic rings. The molecule has 0 saturated heterocycles. The lowest BCUT2D eigenvalue weighted by Crippen LogP contribution is -2.02. The van der Waals surface area contributed by atoms with E-state index in [2.05, 4.69) is 35.5 Å². The molecule has 0 aromatic heterocycles. The number of rotatable bonds is 16. The maximum absolute atomic E-state index is 9.85. The molecule has 0 bridgehead atoms. The molecule has 0 rings (SSSR count). The summed E-state index contributed by atoms with van der Waals surface area (Å²) in [6.07, 6.45) is 28.4. The van der Waals surface area contributed by atoms with Crippen LogP contribution in [0.1, 0.15) is 77.0 Å². The van der Waals surface area contributed by atoms with Crippen molar-refractivity contribution in [3.05, 3.63) is 36.5 Å². The van der Waals surface area contributed by atoms with Crippen LogP contribution in [0.4, 0.5) is 0 Å². The van der Waals surface area contributed by atoms with Crippen LogP contribution >= 0.6 is 0 Å². The molecular weight excluding hydrogens is 424 g/mol. The van der Waals surface area contributed by atoms with Crippen LogP contribution in [0.2, 0.25) is 0 Å². The number of aliphatic hydroxyl groups excluding tert-OH is 4. The molecule has 0 aliphatic carbocycles. The summed E-state index contributed by atoms with van der Waals surface area (Å²) < 4.78 is 0. The van der Waals surface area contributed by atoms with E-state index in [0.29, 0.717) is 0 Å². The van der Waals surface area contributed by atoms with E-state index in [-0.39, 0.29) is 0 Å². The molecule has 4 nitrogen and oxygen atoms in total. The van der Waals surface area contributed by atoms with Gasteiger partial charge in [-0.2, -0.15) is 0 Å². The van der Waals surface area contributed by atoms with Gasteiger partial charge in [0.15, 0.2) is 0 Å². The van der Waals surface area contributed by atoms with Gasteiger partial charge in [-0.1, -0.05) is 61.5 Å². The molecule has 0 aliphatic heterocycles. The van der Waals surface area contributed by atoms with Gasteiger partial charge in [-0.05, 0) is 62.8 Å². The summed E-state index contributed by atoms with van der Waals surface area (Å²) in [5.41, 5.74) is 0. The van der Waals surface area contributed by atoms with Crippen molar-refractivity contribution in [2.24, 2.45) is 0 Å². The van der Waals surface area contributed by atoms with Crippen LogP contribution in [0.3, 0.4) is 0 Å².